The highest BCUT2D eigenvalue weighted by atomic mass is 35.5. The molecule has 1 atom stereocenters. The first-order valence-corrected chi connectivity index (χ1v) is 8.89. The fourth-order valence-electron chi connectivity index (χ4n) is 2.94. The molecule has 0 heterocycles. The first-order chi connectivity index (χ1) is 11.4. The standard InChI is InChI=1S/C18H26ClN3O2/c1-12(19)17(23)21-14-9-10-16(22(2)3)15(11-14)18(24)20-13-7-5-4-6-8-13/h9-13H,4-8H2,1-3H3,(H,20,24)(H,21,23). The Bertz CT molecular complexity index is 596. The summed E-state index contributed by atoms with van der Waals surface area (Å²) in [6, 6.07) is 5.57. The van der Waals surface area contributed by atoms with Gasteiger partial charge in [-0.15, -0.1) is 11.6 Å². The van der Waals surface area contributed by atoms with E-state index < -0.39 is 5.38 Å². The molecule has 2 amide bonds. The Morgan fingerprint density at radius 2 is 1.88 bits per heavy atom. The molecule has 1 aliphatic carbocycles. The van der Waals surface area contributed by atoms with Gasteiger partial charge in [0.1, 0.15) is 5.38 Å². The van der Waals surface area contributed by atoms with Gasteiger partial charge in [0.2, 0.25) is 5.91 Å². The van der Waals surface area contributed by atoms with E-state index in [4.69, 9.17) is 11.6 Å². The van der Waals surface area contributed by atoms with Crippen LogP contribution in [0.3, 0.4) is 0 Å². The maximum Gasteiger partial charge on any atom is 0.253 e. The minimum absolute atomic E-state index is 0.0966. The molecule has 1 fully saturated rings. The lowest BCUT2D eigenvalue weighted by Gasteiger charge is -2.24. The molecule has 132 valence electrons. The van der Waals surface area contributed by atoms with Crippen molar-refractivity contribution in [2.75, 3.05) is 24.3 Å². The van der Waals surface area contributed by atoms with Crippen LogP contribution in [0.2, 0.25) is 0 Å². The van der Waals surface area contributed by atoms with E-state index in [-0.39, 0.29) is 17.9 Å². The summed E-state index contributed by atoms with van der Waals surface area (Å²) in [7, 11) is 3.79. The Morgan fingerprint density at radius 3 is 2.46 bits per heavy atom. The van der Waals surface area contributed by atoms with Gasteiger partial charge in [-0.2, -0.15) is 0 Å². The van der Waals surface area contributed by atoms with Crippen LogP contribution in [0.15, 0.2) is 18.2 Å². The van der Waals surface area contributed by atoms with Crippen LogP contribution in [0.4, 0.5) is 11.4 Å². The van der Waals surface area contributed by atoms with Crippen LogP contribution in [0, 0.1) is 0 Å². The Kier molecular flexibility index (Phi) is 6.49. The van der Waals surface area contributed by atoms with E-state index >= 15 is 0 Å². The van der Waals surface area contributed by atoms with Crippen LogP contribution in [-0.4, -0.2) is 37.3 Å². The van der Waals surface area contributed by atoms with Crippen LogP contribution < -0.4 is 15.5 Å². The van der Waals surface area contributed by atoms with Crippen molar-refractivity contribution in [1.29, 1.82) is 0 Å². The number of hydrogen-bond donors (Lipinski definition) is 2. The number of halogens is 1. The van der Waals surface area contributed by atoms with E-state index in [1.54, 1.807) is 19.1 Å². The number of rotatable bonds is 5. The van der Waals surface area contributed by atoms with Gasteiger partial charge in [0, 0.05) is 31.5 Å². The number of anilines is 2. The number of amides is 2. The van der Waals surface area contributed by atoms with E-state index in [0.717, 1.165) is 31.4 Å². The Hall–Kier alpha value is -1.75. The largest absolute Gasteiger partial charge is 0.377 e. The lowest BCUT2D eigenvalue weighted by Crippen LogP contribution is -2.36. The third-order valence-corrected chi connectivity index (χ3v) is 4.49. The molecule has 24 heavy (non-hydrogen) atoms. The molecule has 6 heteroatoms. The molecule has 0 bridgehead atoms. The van der Waals surface area contributed by atoms with Crippen molar-refractivity contribution in [3.05, 3.63) is 23.8 Å². The molecule has 1 aromatic rings. The molecule has 0 saturated heterocycles. The minimum Gasteiger partial charge on any atom is -0.377 e. The van der Waals surface area contributed by atoms with Gasteiger partial charge in [-0.1, -0.05) is 19.3 Å². The van der Waals surface area contributed by atoms with Crippen LogP contribution in [-0.2, 0) is 4.79 Å². The molecule has 0 radical (unpaired) electrons. The summed E-state index contributed by atoms with van der Waals surface area (Å²) in [4.78, 5) is 26.4. The molecule has 2 N–H and O–H groups in total. The summed E-state index contributed by atoms with van der Waals surface area (Å²) in [5, 5.41) is 5.24. The van der Waals surface area contributed by atoms with Gasteiger partial charge in [0.25, 0.3) is 5.91 Å². The first kappa shape index (κ1) is 18.6. The lowest BCUT2D eigenvalue weighted by molar-refractivity contribution is -0.115. The molecule has 1 unspecified atom stereocenters. The van der Waals surface area contributed by atoms with E-state index in [9.17, 15) is 9.59 Å². The van der Waals surface area contributed by atoms with Gasteiger partial charge >= 0.3 is 0 Å². The topological polar surface area (TPSA) is 61.4 Å². The molecule has 1 aliphatic rings. The van der Waals surface area contributed by atoms with Crippen molar-refractivity contribution in [3.8, 4) is 0 Å². The summed E-state index contributed by atoms with van der Waals surface area (Å²) in [6.07, 6.45) is 5.63. The molecule has 5 nitrogen and oxygen atoms in total. The fourth-order valence-corrected chi connectivity index (χ4v) is 2.99. The van der Waals surface area contributed by atoms with E-state index in [1.807, 2.05) is 25.1 Å². The lowest BCUT2D eigenvalue weighted by atomic mass is 9.95. The monoisotopic (exact) mass is 351 g/mol. The molecule has 2 rings (SSSR count). The molecular formula is C18H26ClN3O2. The number of hydrogen-bond acceptors (Lipinski definition) is 3. The third-order valence-electron chi connectivity index (χ3n) is 4.29. The van der Waals surface area contributed by atoms with E-state index in [0.29, 0.717) is 11.3 Å². The first-order valence-electron chi connectivity index (χ1n) is 8.45. The smallest absolute Gasteiger partial charge is 0.253 e. The zero-order chi connectivity index (χ0) is 17.7. The number of carbonyl (C=O) groups excluding carboxylic acids is 2. The molecular weight excluding hydrogens is 326 g/mol. The third kappa shape index (κ3) is 4.87. The normalized spacial score (nSPS) is 16.3. The van der Waals surface area contributed by atoms with Crippen LogP contribution in [0.1, 0.15) is 49.4 Å². The van der Waals surface area contributed by atoms with Crippen LogP contribution >= 0.6 is 11.6 Å². The van der Waals surface area contributed by atoms with Crippen molar-refractivity contribution in [2.45, 2.75) is 50.4 Å². The maximum atomic E-state index is 12.7. The van der Waals surface area contributed by atoms with Crippen LogP contribution in [0.25, 0.3) is 0 Å². The summed E-state index contributed by atoms with van der Waals surface area (Å²) < 4.78 is 0. The molecule has 0 aromatic heterocycles. The van der Waals surface area contributed by atoms with Gasteiger partial charge in [-0.05, 0) is 38.0 Å². The predicted octanol–water partition coefficient (Wildman–Crippen LogP) is 3.38. The summed E-state index contributed by atoms with van der Waals surface area (Å²) in [5.41, 5.74) is 1.96. The number of nitrogens with one attached hydrogen (secondary N) is 2. The summed E-state index contributed by atoms with van der Waals surface area (Å²) >= 11 is 5.79. The Labute approximate surface area is 148 Å². The SMILES string of the molecule is CC(Cl)C(=O)Nc1ccc(N(C)C)c(C(=O)NC2CCCCC2)c1. The maximum absolute atomic E-state index is 12.7. The fraction of sp³-hybridized carbons (Fsp3) is 0.556. The summed E-state index contributed by atoms with van der Waals surface area (Å²) in [6.45, 7) is 1.61. The second-order valence-electron chi connectivity index (χ2n) is 6.54. The van der Waals surface area contributed by atoms with Gasteiger partial charge < -0.3 is 15.5 Å². The number of alkyl halides is 1. The van der Waals surface area contributed by atoms with Crippen molar-refractivity contribution < 1.29 is 9.59 Å². The van der Waals surface area contributed by atoms with Crippen molar-refractivity contribution >= 4 is 34.8 Å². The zero-order valence-electron chi connectivity index (χ0n) is 14.6. The number of carbonyl (C=O) groups is 2. The zero-order valence-corrected chi connectivity index (χ0v) is 15.3. The predicted molar refractivity (Wildman–Crippen MR) is 99.1 cm³/mol. The summed E-state index contributed by atoms with van der Waals surface area (Å²) in [5.74, 6) is -0.381. The second-order valence-corrected chi connectivity index (χ2v) is 7.19. The number of benzene rings is 1. The Morgan fingerprint density at radius 1 is 1.21 bits per heavy atom. The average Bonchev–Trinajstić information content (AvgIpc) is 2.55. The highest BCUT2D eigenvalue weighted by Gasteiger charge is 2.20. The van der Waals surface area contributed by atoms with Crippen molar-refractivity contribution in [3.63, 3.8) is 0 Å². The van der Waals surface area contributed by atoms with Gasteiger partial charge in [0.15, 0.2) is 0 Å². The van der Waals surface area contributed by atoms with Crippen molar-refractivity contribution in [2.24, 2.45) is 0 Å². The molecule has 1 saturated carbocycles. The quantitative estimate of drug-likeness (QED) is 0.799. The highest BCUT2D eigenvalue weighted by molar-refractivity contribution is 6.32. The average molecular weight is 352 g/mol. The Balaban J connectivity index is 2.20. The second kappa shape index (κ2) is 8.38. The van der Waals surface area contributed by atoms with Gasteiger partial charge in [-0.25, -0.2) is 0 Å². The highest BCUT2D eigenvalue weighted by Crippen LogP contribution is 2.25. The van der Waals surface area contributed by atoms with E-state index in [2.05, 4.69) is 10.6 Å². The number of nitrogens with zero attached hydrogens (tertiary/aromatic N) is 1. The molecule has 1 aromatic carbocycles. The minimum atomic E-state index is -0.627. The van der Waals surface area contributed by atoms with Gasteiger partial charge in [-0.3, -0.25) is 9.59 Å². The van der Waals surface area contributed by atoms with E-state index in [1.165, 1.54) is 6.42 Å². The molecule has 0 aliphatic heterocycles. The van der Waals surface area contributed by atoms with Crippen LogP contribution in [0.5, 0.6) is 0 Å². The molecule has 0 spiro atoms. The van der Waals surface area contributed by atoms with Gasteiger partial charge in [0.05, 0.1) is 5.56 Å². The van der Waals surface area contributed by atoms with Crippen molar-refractivity contribution in [1.82, 2.24) is 5.32 Å².